The molecular weight excluding hydrogens is 404 g/mol. The van der Waals surface area contributed by atoms with Crippen LogP contribution in [-0.2, 0) is 6.18 Å². The lowest BCUT2D eigenvalue weighted by molar-refractivity contribution is -0.137. The average molecular weight is 418 g/mol. The van der Waals surface area contributed by atoms with Crippen LogP contribution in [0.5, 0.6) is 5.75 Å². The Bertz CT molecular complexity index is 1100. The summed E-state index contributed by atoms with van der Waals surface area (Å²) in [4.78, 5) is 22.0. The quantitative estimate of drug-likeness (QED) is 0.611. The van der Waals surface area contributed by atoms with E-state index >= 15 is 0 Å². The zero-order valence-corrected chi connectivity index (χ0v) is 15.3. The summed E-state index contributed by atoms with van der Waals surface area (Å²) < 4.78 is 57.9. The molecule has 4 rings (SSSR count). The van der Waals surface area contributed by atoms with Gasteiger partial charge in [0.1, 0.15) is 12.4 Å². The molecule has 3 heterocycles. The van der Waals surface area contributed by atoms with Crippen LogP contribution in [0, 0.1) is 5.82 Å². The van der Waals surface area contributed by atoms with Crippen LogP contribution in [0.25, 0.3) is 11.3 Å². The highest BCUT2D eigenvalue weighted by molar-refractivity contribution is 6.02. The van der Waals surface area contributed by atoms with Gasteiger partial charge in [0.05, 0.1) is 35.9 Å². The van der Waals surface area contributed by atoms with Crippen molar-refractivity contribution in [2.75, 3.05) is 23.4 Å². The van der Waals surface area contributed by atoms with Gasteiger partial charge in [-0.3, -0.25) is 9.88 Å². The standard InChI is InChI=1S/C20H14F4N4O2/c21-14-9-15(11-25-10-14)26-19(29)28-6-7-30-17-5-4-16(27-18(17)28)12-2-1-3-13(8-12)20(22,23)24/h1-5,8-11H,6-7H2,(H,26,29). The molecular formula is C20H14F4N4O2. The minimum atomic E-state index is -4.49. The second-order valence-corrected chi connectivity index (χ2v) is 6.42. The minimum Gasteiger partial charge on any atom is -0.488 e. The van der Waals surface area contributed by atoms with Gasteiger partial charge in [0.25, 0.3) is 0 Å². The number of alkyl halides is 3. The Morgan fingerprint density at radius 1 is 1.13 bits per heavy atom. The van der Waals surface area contributed by atoms with Gasteiger partial charge in [-0.15, -0.1) is 0 Å². The van der Waals surface area contributed by atoms with Crippen molar-refractivity contribution < 1.29 is 27.1 Å². The second kappa shape index (κ2) is 7.62. The Kier molecular flexibility index (Phi) is 4.98. The maximum Gasteiger partial charge on any atom is 0.416 e. The highest BCUT2D eigenvalue weighted by atomic mass is 19.4. The SMILES string of the molecule is O=C(Nc1cncc(F)c1)N1CCOc2ccc(-c3cccc(C(F)(F)F)c3)nc21. The van der Waals surface area contributed by atoms with Crippen LogP contribution < -0.4 is 15.0 Å². The van der Waals surface area contributed by atoms with Crippen LogP contribution in [0.3, 0.4) is 0 Å². The lowest BCUT2D eigenvalue weighted by Gasteiger charge is -2.28. The Morgan fingerprint density at radius 3 is 2.73 bits per heavy atom. The molecule has 6 nitrogen and oxygen atoms in total. The Morgan fingerprint density at radius 2 is 1.97 bits per heavy atom. The molecule has 3 aromatic rings. The number of nitrogens with zero attached hydrogens (tertiary/aromatic N) is 3. The van der Waals surface area contributed by atoms with Gasteiger partial charge in [0.15, 0.2) is 11.6 Å². The van der Waals surface area contributed by atoms with Gasteiger partial charge < -0.3 is 10.1 Å². The van der Waals surface area contributed by atoms with Crippen molar-refractivity contribution in [3.63, 3.8) is 0 Å². The van der Waals surface area contributed by atoms with E-state index in [-0.39, 0.29) is 35.9 Å². The molecule has 0 saturated heterocycles. The first-order chi connectivity index (χ1) is 14.3. The molecule has 1 aromatic carbocycles. The lowest BCUT2D eigenvalue weighted by atomic mass is 10.1. The van der Waals surface area contributed by atoms with Gasteiger partial charge in [-0.05, 0) is 24.3 Å². The molecule has 0 fully saturated rings. The fourth-order valence-corrected chi connectivity index (χ4v) is 2.98. The van der Waals surface area contributed by atoms with Crippen molar-refractivity contribution in [3.05, 3.63) is 66.2 Å². The fraction of sp³-hybridized carbons (Fsp3) is 0.150. The van der Waals surface area contributed by atoms with Gasteiger partial charge in [-0.1, -0.05) is 12.1 Å². The molecule has 0 bridgehead atoms. The summed E-state index contributed by atoms with van der Waals surface area (Å²) in [6, 6.07) is 8.32. The van der Waals surface area contributed by atoms with Gasteiger partial charge >= 0.3 is 12.2 Å². The number of anilines is 2. The average Bonchev–Trinajstić information content (AvgIpc) is 2.72. The van der Waals surface area contributed by atoms with Crippen LogP contribution in [-0.4, -0.2) is 29.2 Å². The number of ether oxygens (including phenoxy) is 1. The smallest absolute Gasteiger partial charge is 0.416 e. The Balaban J connectivity index is 1.66. The molecule has 0 atom stereocenters. The topological polar surface area (TPSA) is 67.4 Å². The third kappa shape index (κ3) is 4.02. The fourth-order valence-electron chi connectivity index (χ4n) is 2.98. The van der Waals surface area contributed by atoms with Crippen molar-refractivity contribution in [2.24, 2.45) is 0 Å². The number of carbonyl (C=O) groups excluding carboxylic acids is 1. The number of pyridine rings is 2. The Hall–Kier alpha value is -3.69. The van der Waals surface area contributed by atoms with Crippen LogP contribution >= 0.6 is 0 Å². The van der Waals surface area contributed by atoms with E-state index in [9.17, 15) is 22.4 Å². The van der Waals surface area contributed by atoms with Crippen molar-refractivity contribution in [2.45, 2.75) is 6.18 Å². The van der Waals surface area contributed by atoms with E-state index in [1.54, 1.807) is 6.07 Å². The number of carbonyl (C=O) groups is 1. The monoisotopic (exact) mass is 418 g/mol. The number of nitrogens with one attached hydrogen (secondary N) is 1. The number of hydrogen-bond acceptors (Lipinski definition) is 4. The maximum atomic E-state index is 13.3. The molecule has 30 heavy (non-hydrogen) atoms. The van der Waals surface area contributed by atoms with E-state index in [1.165, 1.54) is 29.3 Å². The first-order valence-electron chi connectivity index (χ1n) is 8.82. The molecule has 1 aliphatic heterocycles. The van der Waals surface area contributed by atoms with E-state index in [0.717, 1.165) is 24.4 Å². The van der Waals surface area contributed by atoms with E-state index < -0.39 is 23.6 Å². The van der Waals surface area contributed by atoms with Gasteiger partial charge in [-0.2, -0.15) is 13.2 Å². The largest absolute Gasteiger partial charge is 0.488 e. The lowest BCUT2D eigenvalue weighted by Crippen LogP contribution is -2.41. The van der Waals surface area contributed by atoms with Crippen molar-refractivity contribution >= 4 is 17.5 Å². The summed E-state index contributed by atoms with van der Waals surface area (Å²) in [6.07, 6.45) is -2.20. The summed E-state index contributed by atoms with van der Waals surface area (Å²) in [5.74, 6) is -0.150. The van der Waals surface area contributed by atoms with Crippen LogP contribution in [0.15, 0.2) is 54.9 Å². The van der Waals surface area contributed by atoms with E-state index in [1.807, 2.05) is 0 Å². The summed E-state index contributed by atoms with van der Waals surface area (Å²) >= 11 is 0. The highest BCUT2D eigenvalue weighted by Crippen LogP contribution is 2.35. The summed E-state index contributed by atoms with van der Waals surface area (Å²) in [5, 5.41) is 2.52. The van der Waals surface area contributed by atoms with Gasteiger partial charge in [0, 0.05) is 11.6 Å². The molecule has 0 unspecified atom stereocenters. The predicted molar refractivity (Wildman–Crippen MR) is 101 cm³/mol. The number of aromatic nitrogens is 2. The minimum absolute atomic E-state index is 0.151. The molecule has 10 heteroatoms. The molecule has 2 amide bonds. The number of hydrogen-bond donors (Lipinski definition) is 1. The third-order valence-corrected chi connectivity index (χ3v) is 4.35. The molecule has 0 radical (unpaired) electrons. The van der Waals surface area contributed by atoms with Crippen LogP contribution in [0.2, 0.25) is 0 Å². The molecule has 154 valence electrons. The second-order valence-electron chi connectivity index (χ2n) is 6.42. The number of urea groups is 1. The maximum absolute atomic E-state index is 13.3. The number of benzene rings is 1. The first kappa shape index (κ1) is 19.6. The van der Waals surface area contributed by atoms with Crippen molar-refractivity contribution in [1.29, 1.82) is 0 Å². The summed E-state index contributed by atoms with van der Waals surface area (Å²) in [6.45, 7) is 0.354. The van der Waals surface area contributed by atoms with Gasteiger partial charge in [0.2, 0.25) is 0 Å². The van der Waals surface area contributed by atoms with Crippen molar-refractivity contribution in [1.82, 2.24) is 9.97 Å². The number of halogens is 4. The molecule has 1 aliphatic rings. The van der Waals surface area contributed by atoms with Crippen molar-refractivity contribution in [3.8, 4) is 17.0 Å². The molecule has 1 N–H and O–H groups in total. The number of rotatable bonds is 2. The molecule has 2 aromatic heterocycles. The number of amides is 2. The Labute approximate surface area is 168 Å². The normalized spacial score (nSPS) is 13.4. The molecule has 0 saturated carbocycles. The van der Waals surface area contributed by atoms with Gasteiger partial charge in [-0.25, -0.2) is 14.2 Å². The van der Waals surface area contributed by atoms with Crippen LogP contribution in [0.4, 0.5) is 33.9 Å². The zero-order chi connectivity index (χ0) is 21.3. The van der Waals surface area contributed by atoms with Crippen LogP contribution in [0.1, 0.15) is 5.56 Å². The van der Waals surface area contributed by atoms with E-state index in [0.29, 0.717) is 5.75 Å². The zero-order valence-electron chi connectivity index (χ0n) is 15.3. The van der Waals surface area contributed by atoms with E-state index in [4.69, 9.17) is 4.74 Å². The van der Waals surface area contributed by atoms with E-state index in [2.05, 4.69) is 15.3 Å². The summed E-state index contributed by atoms with van der Waals surface area (Å²) in [5.41, 5.74) is -0.158. The highest BCUT2D eigenvalue weighted by Gasteiger charge is 2.31. The molecule has 0 aliphatic carbocycles. The predicted octanol–water partition coefficient (Wildman–Crippen LogP) is 4.73. The first-order valence-corrected chi connectivity index (χ1v) is 8.82. The summed E-state index contributed by atoms with van der Waals surface area (Å²) in [7, 11) is 0. The third-order valence-electron chi connectivity index (χ3n) is 4.35. The number of fused-ring (bicyclic) bond motifs is 1. The molecule has 0 spiro atoms.